The molecule has 2 amide bonds. The number of carbonyl (C=O) groups excluding carboxylic acids is 2. The molecule has 0 spiro atoms. The van der Waals surface area contributed by atoms with E-state index in [0.717, 1.165) is 5.56 Å². The number of nitrogens with two attached hydrogens (primary N) is 1. The van der Waals surface area contributed by atoms with E-state index in [4.69, 9.17) is 17.3 Å². The molecule has 0 aliphatic heterocycles. The van der Waals surface area contributed by atoms with E-state index in [1.165, 1.54) is 12.1 Å². The van der Waals surface area contributed by atoms with Crippen LogP contribution in [-0.4, -0.2) is 23.5 Å². The van der Waals surface area contributed by atoms with Crippen molar-refractivity contribution in [3.8, 4) is 5.75 Å². The second-order valence-corrected chi connectivity index (χ2v) is 5.27. The summed E-state index contributed by atoms with van der Waals surface area (Å²) in [6.07, 6.45) is 0.544. The lowest BCUT2D eigenvalue weighted by molar-refractivity contribution is -0.136. The van der Waals surface area contributed by atoms with Gasteiger partial charge < -0.3 is 21.5 Å². The fraction of sp³-hybridized carbons (Fsp3) is 0.125. The highest BCUT2D eigenvalue weighted by molar-refractivity contribution is 6.41. The van der Waals surface area contributed by atoms with Gasteiger partial charge in [-0.1, -0.05) is 23.7 Å². The topological polar surface area (TPSA) is 104 Å². The first-order valence-corrected chi connectivity index (χ1v) is 7.25. The SMILES string of the molecule is Nc1ccc(NC(=O)C(=O)NCCc2ccc(O)cc2)c(Cl)c1. The zero-order valence-electron chi connectivity index (χ0n) is 12.2. The van der Waals surface area contributed by atoms with Crippen molar-refractivity contribution >= 4 is 34.8 Å². The van der Waals surface area contributed by atoms with Gasteiger partial charge in [0.05, 0.1) is 10.7 Å². The number of hydrogen-bond acceptors (Lipinski definition) is 4. The normalized spacial score (nSPS) is 10.1. The number of phenols is 1. The minimum atomic E-state index is -0.803. The van der Waals surface area contributed by atoms with Crippen molar-refractivity contribution in [2.24, 2.45) is 0 Å². The van der Waals surface area contributed by atoms with Gasteiger partial charge in [-0.05, 0) is 42.3 Å². The van der Waals surface area contributed by atoms with Crippen LogP contribution in [0.15, 0.2) is 42.5 Å². The molecule has 0 bridgehead atoms. The molecule has 23 heavy (non-hydrogen) atoms. The summed E-state index contributed by atoms with van der Waals surface area (Å²) in [7, 11) is 0. The number of anilines is 2. The molecule has 2 aromatic carbocycles. The van der Waals surface area contributed by atoms with Crippen molar-refractivity contribution in [2.75, 3.05) is 17.6 Å². The van der Waals surface area contributed by atoms with E-state index in [9.17, 15) is 14.7 Å². The lowest BCUT2D eigenvalue weighted by atomic mass is 10.1. The van der Waals surface area contributed by atoms with Crippen molar-refractivity contribution in [3.63, 3.8) is 0 Å². The maximum absolute atomic E-state index is 11.8. The fourth-order valence-corrected chi connectivity index (χ4v) is 2.11. The van der Waals surface area contributed by atoms with Gasteiger partial charge in [0.2, 0.25) is 0 Å². The molecule has 2 rings (SSSR count). The summed E-state index contributed by atoms with van der Waals surface area (Å²) in [6, 6.07) is 11.2. The standard InChI is InChI=1S/C16H16ClN3O3/c17-13-9-11(18)3-6-14(13)20-16(23)15(22)19-8-7-10-1-4-12(21)5-2-10/h1-6,9,21H,7-8,18H2,(H,19,22)(H,20,23). The second-order valence-electron chi connectivity index (χ2n) is 4.87. The summed E-state index contributed by atoms with van der Waals surface area (Å²) in [5.41, 5.74) is 7.27. The Kier molecular flexibility index (Phi) is 5.43. The molecule has 5 N–H and O–H groups in total. The van der Waals surface area contributed by atoms with E-state index in [2.05, 4.69) is 10.6 Å². The number of nitrogen functional groups attached to an aromatic ring is 1. The number of amides is 2. The quantitative estimate of drug-likeness (QED) is 0.507. The predicted octanol–water partition coefficient (Wildman–Crippen LogP) is 1.93. The largest absolute Gasteiger partial charge is 0.508 e. The maximum atomic E-state index is 11.8. The summed E-state index contributed by atoms with van der Waals surface area (Å²) >= 11 is 5.93. The Morgan fingerprint density at radius 2 is 1.78 bits per heavy atom. The van der Waals surface area contributed by atoms with Crippen molar-refractivity contribution in [1.29, 1.82) is 0 Å². The van der Waals surface area contributed by atoms with Crippen LogP contribution in [-0.2, 0) is 16.0 Å². The first kappa shape index (κ1) is 16.6. The van der Waals surface area contributed by atoms with Crippen molar-refractivity contribution in [1.82, 2.24) is 5.32 Å². The number of phenolic OH excluding ortho intramolecular Hbond substituents is 1. The van der Waals surface area contributed by atoms with E-state index < -0.39 is 11.8 Å². The predicted molar refractivity (Wildman–Crippen MR) is 89.3 cm³/mol. The molecule has 0 atom stereocenters. The second kappa shape index (κ2) is 7.51. The van der Waals surface area contributed by atoms with Crippen LogP contribution in [0.3, 0.4) is 0 Å². The molecular weight excluding hydrogens is 318 g/mol. The van der Waals surface area contributed by atoms with Gasteiger partial charge in [-0.25, -0.2) is 0 Å². The highest BCUT2D eigenvalue weighted by Crippen LogP contribution is 2.23. The van der Waals surface area contributed by atoms with Gasteiger partial charge in [-0.2, -0.15) is 0 Å². The Hall–Kier alpha value is -2.73. The van der Waals surface area contributed by atoms with Crippen LogP contribution in [0.1, 0.15) is 5.56 Å². The minimum absolute atomic E-state index is 0.178. The zero-order valence-corrected chi connectivity index (χ0v) is 12.9. The summed E-state index contributed by atoms with van der Waals surface area (Å²) in [5, 5.41) is 14.4. The zero-order chi connectivity index (χ0) is 16.8. The molecule has 0 fully saturated rings. The summed E-state index contributed by atoms with van der Waals surface area (Å²) < 4.78 is 0. The molecule has 0 aliphatic rings. The Labute approximate surface area is 138 Å². The third-order valence-electron chi connectivity index (χ3n) is 3.08. The van der Waals surface area contributed by atoms with Crippen LogP contribution in [0.2, 0.25) is 5.02 Å². The van der Waals surface area contributed by atoms with E-state index in [1.54, 1.807) is 30.3 Å². The summed E-state index contributed by atoms with van der Waals surface area (Å²) in [5.74, 6) is -1.38. The molecular formula is C16H16ClN3O3. The van der Waals surface area contributed by atoms with Crippen LogP contribution < -0.4 is 16.4 Å². The molecule has 0 unspecified atom stereocenters. The number of aromatic hydroxyl groups is 1. The highest BCUT2D eigenvalue weighted by atomic mass is 35.5. The van der Waals surface area contributed by atoms with Gasteiger partial charge >= 0.3 is 11.8 Å². The van der Waals surface area contributed by atoms with Crippen LogP contribution in [0.4, 0.5) is 11.4 Å². The molecule has 7 heteroatoms. The minimum Gasteiger partial charge on any atom is -0.508 e. The summed E-state index contributed by atoms with van der Waals surface area (Å²) in [4.78, 5) is 23.5. The average Bonchev–Trinajstić information content (AvgIpc) is 2.51. The Morgan fingerprint density at radius 3 is 2.43 bits per heavy atom. The molecule has 0 heterocycles. The Morgan fingerprint density at radius 1 is 1.09 bits per heavy atom. The third-order valence-corrected chi connectivity index (χ3v) is 3.40. The van der Waals surface area contributed by atoms with Crippen LogP contribution >= 0.6 is 11.6 Å². The third kappa shape index (κ3) is 4.89. The molecule has 2 aromatic rings. The molecule has 0 saturated carbocycles. The monoisotopic (exact) mass is 333 g/mol. The van der Waals surface area contributed by atoms with Gasteiger partial charge in [0.15, 0.2) is 0 Å². The molecule has 6 nitrogen and oxygen atoms in total. The first-order chi connectivity index (χ1) is 11.0. The number of halogens is 1. The van der Waals surface area contributed by atoms with Crippen LogP contribution in [0.25, 0.3) is 0 Å². The smallest absolute Gasteiger partial charge is 0.313 e. The van der Waals surface area contributed by atoms with E-state index in [1.807, 2.05) is 0 Å². The van der Waals surface area contributed by atoms with Crippen LogP contribution in [0.5, 0.6) is 5.75 Å². The Bertz CT molecular complexity index is 717. The fourth-order valence-electron chi connectivity index (χ4n) is 1.88. The number of carbonyl (C=O) groups is 2. The molecule has 0 radical (unpaired) electrons. The van der Waals surface area contributed by atoms with Crippen molar-refractivity contribution in [3.05, 3.63) is 53.1 Å². The van der Waals surface area contributed by atoms with E-state index in [-0.39, 0.29) is 10.8 Å². The molecule has 0 saturated heterocycles. The average molecular weight is 334 g/mol. The van der Waals surface area contributed by atoms with E-state index >= 15 is 0 Å². The number of hydrogen-bond donors (Lipinski definition) is 4. The first-order valence-electron chi connectivity index (χ1n) is 6.88. The van der Waals surface area contributed by atoms with Crippen LogP contribution in [0, 0.1) is 0 Å². The van der Waals surface area contributed by atoms with Gasteiger partial charge in [-0.15, -0.1) is 0 Å². The maximum Gasteiger partial charge on any atom is 0.313 e. The number of nitrogens with one attached hydrogen (secondary N) is 2. The van der Waals surface area contributed by atoms with Gasteiger partial charge in [0, 0.05) is 12.2 Å². The van der Waals surface area contributed by atoms with Gasteiger partial charge in [0.25, 0.3) is 0 Å². The molecule has 0 aliphatic carbocycles. The number of benzene rings is 2. The lowest BCUT2D eigenvalue weighted by Gasteiger charge is -2.08. The molecule has 0 aromatic heterocycles. The van der Waals surface area contributed by atoms with Crippen molar-refractivity contribution < 1.29 is 14.7 Å². The van der Waals surface area contributed by atoms with Crippen molar-refractivity contribution in [2.45, 2.75) is 6.42 Å². The van der Waals surface area contributed by atoms with Gasteiger partial charge in [-0.3, -0.25) is 9.59 Å². The number of rotatable bonds is 4. The summed E-state index contributed by atoms with van der Waals surface area (Å²) in [6.45, 7) is 0.298. The Balaban J connectivity index is 1.83. The highest BCUT2D eigenvalue weighted by Gasteiger charge is 2.14. The molecule has 120 valence electrons. The van der Waals surface area contributed by atoms with Gasteiger partial charge in [0.1, 0.15) is 5.75 Å². The van der Waals surface area contributed by atoms with E-state index in [0.29, 0.717) is 24.3 Å². The lowest BCUT2D eigenvalue weighted by Crippen LogP contribution is -2.36.